The molecule has 88 valence electrons. The van der Waals surface area contributed by atoms with Gasteiger partial charge in [0.15, 0.2) is 5.82 Å². The van der Waals surface area contributed by atoms with Gasteiger partial charge in [0.1, 0.15) is 6.04 Å². The summed E-state index contributed by atoms with van der Waals surface area (Å²) in [6.45, 7) is 1.41. The van der Waals surface area contributed by atoms with Gasteiger partial charge in [-0.2, -0.15) is 4.98 Å². The zero-order valence-electron chi connectivity index (χ0n) is 9.26. The van der Waals surface area contributed by atoms with Gasteiger partial charge < -0.3 is 9.26 Å². The van der Waals surface area contributed by atoms with Crippen LogP contribution in [0.1, 0.15) is 25.1 Å². The molecule has 1 aromatic rings. The van der Waals surface area contributed by atoms with Crippen LogP contribution >= 0.6 is 0 Å². The summed E-state index contributed by atoms with van der Waals surface area (Å²) in [5, 5.41) is 3.75. The fourth-order valence-electron chi connectivity index (χ4n) is 2.03. The molecule has 0 amide bonds. The Balaban J connectivity index is 2.02. The average molecular weight is 225 g/mol. The molecule has 0 radical (unpaired) electrons. The van der Waals surface area contributed by atoms with Crippen LogP contribution in [-0.2, 0) is 16.1 Å². The molecule has 2 heterocycles. The highest BCUT2D eigenvalue weighted by atomic mass is 16.5. The molecule has 1 aromatic heterocycles. The van der Waals surface area contributed by atoms with E-state index < -0.39 is 0 Å². The SMILES string of the molecule is COC(=O)C1CCCCN1Cc1ncon1. The number of rotatable bonds is 3. The lowest BCUT2D eigenvalue weighted by Crippen LogP contribution is -2.44. The molecule has 0 N–H and O–H groups in total. The number of hydrogen-bond acceptors (Lipinski definition) is 6. The van der Waals surface area contributed by atoms with Crippen molar-refractivity contribution in [3.8, 4) is 0 Å². The Morgan fingerprint density at radius 3 is 3.25 bits per heavy atom. The third-order valence-electron chi connectivity index (χ3n) is 2.84. The molecule has 1 fully saturated rings. The Labute approximate surface area is 93.6 Å². The van der Waals surface area contributed by atoms with Gasteiger partial charge in [-0.25, -0.2) is 0 Å². The zero-order valence-corrected chi connectivity index (χ0v) is 9.26. The van der Waals surface area contributed by atoms with Gasteiger partial charge in [-0.05, 0) is 19.4 Å². The number of methoxy groups -OCH3 is 1. The lowest BCUT2D eigenvalue weighted by Gasteiger charge is -2.32. The van der Waals surface area contributed by atoms with Gasteiger partial charge in [0.25, 0.3) is 0 Å². The maximum Gasteiger partial charge on any atom is 0.323 e. The third kappa shape index (κ3) is 2.38. The summed E-state index contributed by atoms with van der Waals surface area (Å²) < 4.78 is 9.47. The van der Waals surface area contributed by atoms with Crippen molar-refractivity contribution < 1.29 is 14.1 Å². The predicted octanol–water partition coefficient (Wildman–Crippen LogP) is 0.597. The van der Waals surface area contributed by atoms with Crippen LogP contribution in [0.15, 0.2) is 10.9 Å². The lowest BCUT2D eigenvalue weighted by atomic mass is 10.0. The molecule has 1 atom stereocenters. The molecule has 2 rings (SSSR count). The first kappa shape index (κ1) is 11.1. The standard InChI is InChI=1S/C10H15N3O3/c1-15-10(14)8-4-2-3-5-13(8)6-9-11-7-16-12-9/h7-8H,2-6H2,1H3. The first-order valence-electron chi connectivity index (χ1n) is 5.38. The van der Waals surface area contributed by atoms with E-state index in [1.807, 2.05) is 4.90 Å². The van der Waals surface area contributed by atoms with Crippen molar-refractivity contribution in [2.75, 3.05) is 13.7 Å². The van der Waals surface area contributed by atoms with E-state index in [-0.39, 0.29) is 12.0 Å². The van der Waals surface area contributed by atoms with Gasteiger partial charge >= 0.3 is 5.97 Å². The first-order valence-corrected chi connectivity index (χ1v) is 5.38. The Morgan fingerprint density at radius 1 is 1.69 bits per heavy atom. The van der Waals surface area contributed by atoms with Crippen molar-refractivity contribution >= 4 is 5.97 Å². The molecule has 1 aliphatic heterocycles. The van der Waals surface area contributed by atoms with Crippen LogP contribution in [0.3, 0.4) is 0 Å². The number of likely N-dealkylation sites (tertiary alicyclic amines) is 1. The fraction of sp³-hybridized carbons (Fsp3) is 0.700. The average Bonchev–Trinajstić information content (AvgIpc) is 2.82. The van der Waals surface area contributed by atoms with Gasteiger partial charge in [-0.3, -0.25) is 9.69 Å². The highest BCUT2D eigenvalue weighted by Gasteiger charge is 2.30. The fourth-order valence-corrected chi connectivity index (χ4v) is 2.03. The van der Waals surface area contributed by atoms with E-state index in [1.54, 1.807) is 0 Å². The van der Waals surface area contributed by atoms with Crippen molar-refractivity contribution in [2.24, 2.45) is 0 Å². The topological polar surface area (TPSA) is 68.5 Å². The maximum absolute atomic E-state index is 11.6. The number of carbonyl (C=O) groups excluding carboxylic acids is 1. The molecule has 0 aliphatic carbocycles. The van der Waals surface area contributed by atoms with Crippen molar-refractivity contribution in [3.63, 3.8) is 0 Å². The third-order valence-corrected chi connectivity index (χ3v) is 2.84. The van der Waals surface area contributed by atoms with Gasteiger partial charge in [0.2, 0.25) is 6.39 Å². The van der Waals surface area contributed by atoms with E-state index in [4.69, 9.17) is 4.74 Å². The highest BCUT2D eigenvalue weighted by Crippen LogP contribution is 2.19. The van der Waals surface area contributed by atoms with E-state index >= 15 is 0 Å². The van der Waals surface area contributed by atoms with Crippen LogP contribution in [0, 0.1) is 0 Å². The largest absolute Gasteiger partial charge is 0.468 e. The molecule has 6 heteroatoms. The Hall–Kier alpha value is -1.43. The maximum atomic E-state index is 11.6. The number of aromatic nitrogens is 2. The molecule has 16 heavy (non-hydrogen) atoms. The molecule has 1 unspecified atom stereocenters. The summed E-state index contributed by atoms with van der Waals surface area (Å²) in [5.41, 5.74) is 0. The zero-order chi connectivity index (χ0) is 11.4. The molecule has 0 bridgehead atoms. The van der Waals surface area contributed by atoms with Crippen molar-refractivity contribution in [3.05, 3.63) is 12.2 Å². The van der Waals surface area contributed by atoms with Crippen molar-refractivity contribution in [1.82, 2.24) is 15.0 Å². The predicted molar refractivity (Wildman–Crippen MR) is 54.4 cm³/mol. The summed E-state index contributed by atoms with van der Waals surface area (Å²) in [6, 6.07) is -0.169. The summed E-state index contributed by atoms with van der Waals surface area (Å²) >= 11 is 0. The van der Waals surface area contributed by atoms with Crippen LogP contribution in [0.4, 0.5) is 0 Å². The second-order valence-electron chi connectivity index (χ2n) is 3.85. The molecule has 0 aromatic carbocycles. The molecule has 1 aliphatic rings. The van der Waals surface area contributed by atoms with Gasteiger partial charge in [-0.1, -0.05) is 11.6 Å². The quantitative estimate of drug-likeness (QED) is 0.701. The number of hydrogen-bond donors (Lipinski definition) is 0. The molecular formula is C10H15N3O3. The molecule has 0 saturated carbocycles. The number of piperidine rings is 1. The second-order valence-corrected chi connectivity index (χ2v) is 3.85. The monoisotopic (exact) mass is 225 g/mol. The Morgan fingerprint density at radius 2 is 2.56 bits per heavy atom. The second kappa shape index (κ2) is 5.07. The summed E-state index contributed by atoms with van der Waals surface area (Å²) in [4.78, 5) is 17.6. The molecule has 6 nitrogen and oxygen atoms in total. The van der Waals surface area contributed by atoms with E-state index in [0.29, 0.717) is 12.4 Å². The van der Waals surface area contributed by atoms with Gasteiger partial charge in [0.05, 0.1) is 13.7 Å². The smallest absolute Gasteiger partial charge is 0.323 e. The summed E-state index contributed by atoms with van der Waals surface area (Å²) in [5.74, 6) is 0.430. The van der Waals surface area contributed by atoms with Crippen LogP contribution in [-0.4, -0.2) is 40.7 Å². The minimum absolute atomic E-state index is 0.169. The molecular weight excluding hydrogens is 210 g/mol. The van der Waals surface area contributed by atoms with E-state index in [2.05, 4.69) is 14.7 Å². The first-order chi connectivity index (χ1) is 7.81. The van der Waals surface area contributed by atoms with E-state index in [1.165, 1.54) is 13.5 Å². The van der Waals surface area contributed by atoms with Crippen LogP contribution in [0.2, 0.25) is 0 Å². The highest BCUT2D eigenvalue weighted by molar-refractivity contribution is 5.75. The minimum atomic E-state index is -0.178. The van der Waals surface area contributed by atoms with Crippen molar-refractivity contribution in [2.45, 2.75) is 31.8 Å². The number of nitrogens with zero attached hydrogens (tertiary/aromatic N) is 3. The number of esters is 1. The Kier molecular flexibility index (Phi) is 3.51. The normalized spacial score (nSPS) is 21.9. The van der Waals surface area contributed by atoms with Crippen LogP contribution < -0.4 is 0 Å². The van der Waals surface area contributed by atoms with Gasteiger partial charge in [0, 0.05) is 0 Å². The van der Waals surface area contributed by atoms with E-state index in [0.717, 1.165) is 25.8 Å². The molecule has 1 saturated heterocycles. The Bertz CT molecular complexity index is 339. The number of carbonyl (C=O) groups is 1. The lowest BCUT2D eigenvalue weighted by molar-refractivity contribution is -0.148. The van der Waals surface area contributed by atoms with Gasteiger partial charge in [-0.15, -0.1) is 0 Å². The van der Waals surface area contributed by atoms with Crippen LogP contribution in [0.25, 0.3) is 0 Å². The molecule has 0 spiro atoms. The van der Waals surface area contributed by atoms with Crippen LogP contribution in [0.5, 0.6) is 0 Å². The number of ether oxygens (including phenoxy) is 1. The summed E-state index contributed by atoms with van der Waals surface area (Å²) in [7, 11) is 1.42. The summed E-state index contributed by atoms with van der Waals surface area (Å²) in [6.07, 6.45) is 4.28. The minimum Gasteiger partial charge on any atom is -0.468 e. The van der Waals surface area contributed by atoms with Crippen molar-refractivity contribution in [1.29, 1.82) is 0 Å². The van der Waals surface area contributed by atoms with E-state index in [9.17, 15) is 4.79 Å².